The van der Waals surface area contributed by atoms with Gasteiger partial charge < -0.3 is 10.3 Å². The minimum atomic E-state index is 0.223. The first-order chi connectivity index (χ1) is 8.97. The molecule has 0 aliphatic heterocycles. The second-order valence-electron chi connectivity index (χ2n) is 6.19. The maximum Gasteiger partial charge on any atom is 0.0294 e. The Balaban J connectivity index is 1.97. The molecule has 0 spiro atoms. The molecule has 2 aromatic rings. The molecule has 1 heterocycles. The van der Waals surface area contributed by atoms with Gasteiger partial charge in [-0.3, -0.25) is 0 Å². The van der Waals surface area contributed by atoms with Crippen LogP contribution in [-0.2, 0) is 12.0 Å². The van der Waals surface area contributed by atoms with E-state index >= 15 is 0 Å². The van der Waals surface area contributed by atoms with Crippen LogP contribution in [0.3, 0.4) is 0 Å². The number of nitrogens with one attached hydrogen (secondary N) is 2. The molecule has 0 radical (unpaired) electrons. The summed E-state index contributed by atoms with van der Waals surface area (Å²) in [4.78, 5) is 3.08. The number of hydrogen-bond acceptors (Lipinski definition) is 1. The number of hydrogen-bond donors (Lipinski definition) is 2. The summed E-state index contributed by atoms with van der Waals surface area (Å²) in [5.74, 6) is 0. The van der Waals surface area contributed by atoms with Crippen LogP contribution in [0.4, 0.5) is 0 Å². The lowest BCUT2D eigenvalue weighted by molar-refractivity contribution is 0.570. The first-order valence-electron chi connectivity index (χ1n) is 6.92. The van der Waals surface area contributed by atoms with Crippen molar-refractivity contribution in [3.63, 3.8) is 0 Å². The van der Waals surface area contributed by atoms with Gasteiger partial charge in [0.05, 0.1) is 0 Å². The lowest BCUT2D eigenvalue weighted by Gasteiger charge is -2.20. The summed E-state index contributed by atoms with van der Waals surface area (Å²) in [6.07, 6.45) is 3.99. The third-order valence-corrected chi connectivity index (χ3v) is 3.55. The zero-order valence-corrected chi connectivity index (χ0v) is 12.3. The van der Waals surface area contributed by atoms with Crippen molar-refractivity contribution in [3.05, 3.63) is 59.4 Å². The van der Waals surface area contributed by atoms with Crippen molar-refractivity contribution >= 4 is 0 Å². The Bertz CT molecular complexity index is 489. The first-order valence-corrected chi connectivity index (χ1v) is 6.92. The molecule has 0 saturated heterocycles. The van der Waals surface area contributed by atoms with Gasteiger partial charge in [0, 0.05) is 25.0 Å². The van der Waals surface area contributed by atoms with Gasteiger partial charge in [-0.1, -0.05) is 45.0 Å². The SMILES string of the molecule is CC(NCc1cc[nH]c1)c1ccc(C(C)(C)C)cc1. The number of rotatable bonds is 4. The predicted octanol–water partition coefficient (Wildman–Crippen LogP) is 4.16. The summed E-state index contributed by atoms with van der Waals surface area (Å²) >= 11 is 0. The Hall–Kier alpha value is -1.54. The molecule has 2 rings (SSSR count). The molecule has 2 nitrogen and oxygen atoms in total. The van der Waals surface area contributed by atoms with E-state index in [1.54, 1.807) is 0 Å². The van der Waals surface area contributed by atoms with Crippen LogP contribution in [-0.4, -0.2) is 4.98 Å². The van der Waals surface area contributed by atoms with Crippen molar-refractivity contribution in [2.75, 3.05) is 0 Å². The van der Waals surface area contributed by atoms with E-state index in [0.717, 1.165) is 6.54 Å². The summed E-state index contributed by atoms with van der Waals surface area (Å²) in [5, 5.41) is 3.54. The Morgan fingerprint density at radius 1 is 1.11 bits per heavy atom. The van der Waals surface area contributed by atoms with Crippen LogP contribution in [0, 0.1) is 0 Å². The highest BCUT2D eigenvalue weighted by molar-refractivity contribution is 5.29. The van der Waals surface area contributed by atoms with Gasteiger partial charge in [-0.25, -0.2) is 0 Å². The van der Waals surface area contributed by atoms with E-state index < -0.39 is 0 Å². The highest BCUT2D eigenvalue weighted by Crippen LogP contribution is 2.23. The van der Waals surface area contributed by atoms with Gasteiger partial charge in [0.15, 0.2) is 0 Å². The lowest BCUT2D eigenvalue weighted by atomic mass is 9.86. The third kappa shape index (κ3) is 3.71. The van der Waals surface area contributed by atoms with Gasteiger partial charge in [-0.15, -0.1) is 0 Å². The lowest BCUT2D eigenvalue weighted by Crippen LogP contribution is -2.18. The third-order valence-electron chi connectivity index (χ3n) is 3.55. The zero-order valence-electron chi connectivity index (χ0n) is 12.3. The van der Waals surface area contributed by atoms with Gasteiger partial charge in [0.1, 0.15) is 0 Å². The number of aromatic nitrogens is 1. The summed E-state index contributed by atoms with van der Waals surface area (Å²) in [7, 11) is 0. The molecule has 1 unspecified atom stereocenters. The van der Waals surface area contributed by atoms with Crippen molar-refractivity contribution in [1.82, 2.24) is 10.3 Å². The Labute approximate surface area is 116 Å². The summed E-state index contributed by atoms with van der Waals surface area (Å²) in [5.41, 5.74) is 4.23. The molecule has 0 bridgehead atoms. The summed E-state index contributed by atoms with van der Waals surface area (Å²) < 4.78 is 0. The molecule has 0 fully saturated rings. The van der Waals surface area contributed by atoms with E-state index in [2.05, 4.69) is 68.3 Å². The molecule has 102 valence electrons. The first kappa shape index (κ1) is 13.9. The monoisotopic (exact) mass is 256 g/mol. The van der Waals surface area contributed by atoms with Crippen LogP contribution in [0.25, 0.3) is 0 Å². The van der Waals surface area contributed by atoms with Crippen molar-refractivity contribution in [1.29, 1.82) is 0 Å². The van der Waals surface area contributed by atoms with Gasteiger partial charge in [0.2, 0.25) is 0 Å². The Kier molecular flexibility index (Phi) is 4.11. The topological polar surface area (TPSA) is 27.8 Å². The molecule has 1 aromatic heterocycles. The molecule has 2 N–H and O–H groups in total. The average Bonchev–Trinajstić information content (AvgIpc) is 2.88. The second-order valence-corrected chi connectivity index (χ2v) is 6.19. The van der Waals surface area contributed by atoms with Gasteiger partial charge in [-0.05, 0) is 35.1 Å². The van der Waals surface area contributed by atoms with E-state index in [1.807, 2.05) is 12.4 Å². The molecule has 0 saturated carbocycles. The smallest absolute Gasteiger partial charge is 0.0294 e. The molecule has 0 amide bonds. The Morgan fingerprint density at radius 2 is 1.79 bits per heavy atom. The fourth-order valence-electron chi connectivity index (χ4n) is 2.13. The standard InChI is InChI=1S/C17H24N2/c1-13(19-12-14-9-10-18-11-14)15-5-7-16(8-6-15)17(2,3)4/h5-11,13,18-19H,12H2,1-4H3. The summed E-state index contributed by atoms with van der Waals surface area (Å²) in [6.45, 7) is 9.84. The van der Waals surface area contributed by atoms with Crippen LogP contribution in [0.2, 0.25) is 0 Å². The van der Waals surface area contributed by atoms with E-state index in [4.69, 9.17) is 0 Å². The van der Waals surface area contributed by atoms with E-state index in [1.165, 1.54) is 16.7 Å². The van der Waals surface area contributed by atoms with Crippen molar-refractivity contribution < 1.29 is 0 Å². The minimum Gasteiger partial charge on any atom is -0.367 e. The van der Waals surface area contributed by atoms with Crippen LogP contribution in [0.1, 0.15) is 50.4 Å². The minimum absolute atomic E-state index is 0.223. The van der Waals surface area contributed by atoms with E-state index in [0.29, 0.717) is 6.04 Å². The molecule has 2 heteroatoms. The second kappa shape index (κ2) is 5.62. The molecular weight excluding hydrogens is 232 g/mol. The molecule has 19 heavy (non-hydrogen) atoms. The van der Waals surface area contributed by atoms with Crippen LogP contribution in [0.5, 0.6) is 0 Å². The summed E-state index contributed by atoms with van der Waals surface area (Å²) in [6, 6.07) is 11.4. The van der Waals surface area contributed by atoms with E-state index in [9.17, 15) is 0 Å². The fourth-order valence-corrected chi connectivity index (χ4v) is 2.13. The normalized spacial score (nSPS) is 13.5. The average molecular weight is 256 g/mol. The molecular formula is C17H24N2. The van der Waals surface area contributed by atoms with E-state index in [-0.39, 0.29) is 5.41 Å². The highest BCUT2D eigenvalue weighted by atomic mass is 14.9. The number of aromatic amines is 1. The number of benzene rings is 1. The maximum atomic E-state index is 3.54. The predicted molar refractivity (Wildman–Crippen MR) is 81.2 cm³/mol. The van der Waals surface area contributed by atoms with Crippen molar-refractivity contribution in [2.45, 2.75) is 45.7 Å². The van der Waals surface area contributed by atoms with Gasteiger partial charge >= 0.3 is 0 Å². The fraction of sp³-hybridized carbons (Fsp3) is 0.412. The zero-order chi connectivity index (χ0) is 13.9. The quantitative estimate of drug-likeness (QED) is 0.844. The van der Waals surface area contributed by atoms with Crippen molar-refractivity contribution in [2.24, 2.45) is 0 Å². The molecule has 1 aromatic carbocycles. The highest BCUT2D eigenvalue weighted by Gasteiger charge is 2.13. The number of H-pyrrole nitrogens is 1. The molecule has 0 aliphatic carbocycles. The van der Waals surface area contributed by atoms with Crippen molar-refractivity contribution in [3.8, 4) is 0 Å². The van der Waals surface area contributed by atoms with Crippen LogP contribution in [0.15, 0.2) is 42.7 Å². The van der Waals surface area contributed by atoms with Crippen LogP contribution >= 0.6 is 0 Å². The molecule has 1 atom stereocenters. The maximum absolute atomic E-state index is 3.54. The largest absolute Gasteiger partial charge is 0.367 e. The van der Waals surface area contributed by atoms with Crippen LogP contribution < -0.4 is 5.32 Å². The Morgan fingerprint density at radius 3 is 2.32 bits per heavy atom. The van der Waals surface area contributed by atoms with Gasteiger partial charge in [-0.2, -0.15) is 0 Å². The van der Waals surface area contributed by atoms with Gasteiger partial charge in [0.25, 0.3) is 0 Å². The molecule has 0 aliphatic rings.